The second-order valence-corrected chi connectivity index (χ2v) is 4.66. The van der Waals surface area contributed by atoms with Crippen LogP contribution in [0.4, 0.5) is 0 Å². The molecule has 1 aliphatic heterocycles. The van der Waals surface area contributed by atoms with Crippen LogP contribution in [0, 0.1) is 3.57 Å². The molecule has 0 aromatic heterocycles. The molecule has 82 valence electrons. The zero-order chi connectivity index (χ0) is 10.7. The predicted molar refractivity (Wildman–Crippen MR) is 65.0 cm³/mol. The van der Waals surface area contributed by atoms with Crippen molar-refractivity contribution in [2.45, 2.75) is 25.6 Å². The average Bonchev–Trinajstić information content (AvgIpc) is 2.26. The minimum atomic E-state index is -0.206. The fourth-order valence-corrected chi connectivity index (χ4v) is 2.01. The molecule has 4 heteroatoms. The van der Waals surface area contributed by atoms with Gasteiger partial charge < -0.3 is 14.6 Å². The number of aromatic hydroxyl groups is 1. The van der Waals surface area contributed by atoms with Crippen molar-refractivity contribution < 1.29 is 14.6 Å². The van der Waals surface area contributed by atoms with E-state index >= 15 is 0 Å². The van der Waals surface area contributed by atoms with E-state index in [4.69, 9.17) is 9.47 Å². The molecule has 0 bridgehead atoms. The highest BCUT2D eigenvalue weighted by molar-refractivity contribution is 14.1. The summed E-state index contributed by atoms with van der Waals surface area (Å²) in [5.74, 6) is 0.709. The zero-order valence-electron chi connectivity index (χ0n) is 8.28. The van der Waals surface area contributed by atoms with Crippen molar-refractivity contribution in [1.82, 2.24) is 0 Å². The summed E-state index contributed by atoms with van der Waals surface area (Å²) >= 11 is 2.07. The van der Waals surface area contributed by atoms with Crippen LogP contribution in [0.1, 0.15) is 19.3 Å². The molecule has 2 rings (SSSR count). The maximum absolute atomic E-state index is 9.74. The van der Waals surface area contributed by atoms with Crippen LogP contribution in [0.2, 0.25) is 0 Å². The molecule has 1 heterocycles. The number of hydrogen-bond donors (Lipinski definition) is 1. The minimum Gasteiger partial charge on any atom is -0.504 e. The second-order valence-electron chi connectivity index (χ2n) is 3.50. The standard InChI is InChI=1S/C11H13IO3/c12-8-4-3-5-9(11(8)13)15-10-6-1-2-7-14-10/h3-5,10,13H,1-2,6-7H2. The van der Waals surface area contributed by atoms with Gasteiger partial charge in [0.15, 0.2) is 17.8 Å². The van der Waals surface area contributed by atoms with Crippen molar-refractivity contribution in [1.29, 1.82) is 0 Å². The summed E-state index contributed by atoms with van der Waals surface area (Å²) in [5, 5.41) is 9.74. The first-order valence-electron chi connectivity index (χ1n) is 5.03. The van der Waals surface area contributed by atoms with E-state index in [0.717, 1.165) is 29.4 Å². The maximum Gasteiger partial charge on any atom is 0.200 e. The molecular weight excluding hydrogens is 307 g/mol. The first kappa shape index (κ1) is 11.0. The van der Waals surface area contributed by atoms with Gasteiger partial charge in [0.05, 0.1) is 10.2 Å². The average molecular weight is 320 g/mol. The van der Waals surface area contributed by atoms with Gasteiger partial charge in [-0.05, 0) is 47.6 Å². The molecule has 0 aliphatic carbocycles. The van der Waals surface area contributed by atoms with Gasteiger partial charge in [0.2, 0.25) is 0 Å². The third-order valence-corrected chi connectivity index (χ3v) is 3.22. The molecule has 1 atom stereocenters. The monoisotopic (exact) mass is 320 g/mol. The van der Waals surface area contributed by atoms with Crippen molar-refractivity contribution in [3.8, 4) is 11.5 Å². The van der Waals surface area contributed by atoms with Crippen LogP contribution in [0.25, 0.3) is 0 Å². The van der Waals surface area contributed by atoms with Gasteiger partial charge in [-0.15, -0.1) is 0 Å². The number of rotatable bonds is 2. The predicted octanol–water partition coefficient (Wildman–Crippen LogP) is 2.90. The van der Waals surface area contributed by atoms with Crippen LogP contribution in [-0.2, 0) is 4.74 Å². The first-order chi connectivity index (χ1) is 7.27. The van der Waals surface area contributed by atoms with Gasteiger partial charge >= 0.3 is 0 Å². The Kier molecular flexibility index (Phi) is 3.69. The highest BCUT2D eigenvalue weighted by Crippen LogP contribution is 2.32. The lowest BCUT2D eigenvalue weighted by Gasteiger charge is -2.23. The molecule has 1 saturated heterocycles. The lowest BCUT2D eigenvalue weighted by molar-refractivity contribution is -0.106. The Hall–Kier alpha value is -0.490. The van der Waals surface area contributed by atoms with Gasteiger partial charge in [0.25, 0.3) is 0 Å². The largest absolute Gasteiger partial charge is 0.504 e. The van der Waals surface area contributed by atoms with Crippen LogP contribution in [0.3, 0.4) is 0 Å². The molecule has 0 saturated carbocycles. The molecule has 15 heavy (non-hydrogen) atoms. The van der Waals surface area contributed by atoms with E-state index in [-0.39, 0.29) is 12.0 Å². The molecule has 0 radical (unpaired) electrons. The minimum absolute atomic E-state index is 0.201. The van der Waals surface area contributed by atoms with E-state index in [2.05, 4.69) is 22.6 Å². The Bertz CT molecular complexity index is 335. The number of phenols is 1. The van der Waals surface area contributed by atoms with Gasteiger partial charge in [0, 0.05) is 6.42 Å². The summed E-state index contributed by atoms with van der Waals surface area (Å²) in [4.78, 5) is 0. The Morgan fingerprint density at radius 1 is 1.40 bits per heavy atom. The van der Waals surface area contributed by atoms with E-state index in [1.807, 2.05) is 12.1 Å². The molecule has 1 N–H and O–H groups in total. The first-order valence-corrected chi connectivity index (χ1v) is 6.11. The summed E-state index contributed by atoms with van der Waals surface area (Å²) in [6, 6.07) is 5.46. The lowest BCUT2D eigenvalue weighted by atomic mass is 10.2. The normalized spacial score (nSPS) is 21.3. The van der Waals surface area contributed by atoms with Crippen molar-refractivity contribution in [3.05, 3.63) is 21.8 Å². The SMILES string of the molecule is Oc1c(I)cccc1OC1CCCCO1. The number of ether oxygens (including phenoxy) is 2. The third kappa shape index (κ3) is 2.75. The Balaban J connectivity index is 2.06. The number of phenolic OH excluding ortho intramolecular Hbond substituents is 1. The molecule has 1 aromatic rings. The van der Waals surface area contributed by atoms with Crippen LogP contribution < -0.4 is 4.74 Å². The topological polar surface area (TPSA) is 38.7 Å². The molecule has 3 nitrogen and oxygen atoms in total. The van der Waals surface area contributed by atoms with Crippen LogP contribution >= 0.6 is 22.6 Å². The Labute approximate surface area is 103 Å². The van der Waals surface area contributed by atoms with Gasteiger partial charge in [-0.2, -0.15) is 0 Å². The van der Waals surface area contributed by atoms with Crippen LogP contribution in [0.5, 0.6) is 11.5 Å². The maximum atomic E-state index is 9.74. The second kappa shape index (κ2) is 5.03. The van der Waals surface area contributed by atoms with Crippen LogP contribution in [-0.4, -0.2) is 18.0 Å². The number of hydrogen-bond acceptors (Lipinski definition) is 3. The molecule has 0 amide bonds. The third-order valence-electron chi connectivity index (χ3n) is 2.35. The summed E-state index contributed by atoms with van der Waals surface area (Å²) in [6.07, 6.45) is 2.90. The summed E-state index contributed by atoms with van der Waals surface area (Å²) in [6.45, 7) is 0.745. The van der Waals surface area contributed by atoms with Crippen molar-refractivity contribution in [3.63, 3.8) is 0 Å². The molecular formula is C11H13IO3. The quantitative estimate of drug-likeness (QED) is 0.852. The highest BCUT2D eigenvalue weighted by atomic mass is 127. The van der Waals surface area contributed by atoms with Gasteiger partial charge in [-0.3, -0.25) is 0 Å². The fraction of sp³-hybridized carbons (Fsp3) is 0.455. The molecule has 0 spiro atoms. The number of benzene rings is 1. The van der Waals surface area contributed by atoms with Crippen molar-refractivity contribution >= 4 is 22.6 Å². The number of halogens is 1. The molecule has 1 unspecified atom stereocenters. The van der Waals surface area contributed by atoms with Gasteiger partial charge in [-0.1, -0.05) is 6.07 Å². The van der Waals surface area contributed by atoms with E-state index in [1.165, 1.54) is 0 Å². The van der Waals surface area contributed by atoms with Gasteiger partial charge in [-0.25, -0.2) is 0 Å². The van der Waals surface area contributed by atoms with E-state index in [9.17, 15) is 5.11 Å². The molecule has 1 aliphatic rings. The van der Waals surface area contributed by atoms with Crippen LogP contribution in [0.15, 0.2) is 18.2 Å². The number of para-hydroxylation sites is 1. The molecule has 1 fully saturated rings. The Morgan fingerprint density at radius 3 is 3.00 bits per heavy atom. The molecule has 1 aromatic carbocycles. The summed E-state index contributed by atoms with van der Waals surface area (Å²) in [7, 11) is 0. The van der Waals surface area contributed by atoms with Gasteiger partial charge in [0.1, 0.15) is 0 Å². The van der Waals surface area contributed by atoms with E-state index in [1.54, 1.807) is 6.07 Å². The fourth-order valence-electron chi connectivity index (χ4n) is 1.54. The Morgan fingerprint density at radius 2 is 2.27 bits per heavy atom. The van der Waals surface area contributed by atoms with Crippen molar-refractivity contribution in [2.24, 2.45) is 0 Å². The smallest absolute Gasteiger partial charge is 0.200 e. The van der Waals surface area contributed by atoms with E-state index < -0.39 is 0 Å². The van der Waals surface area contributed by atoms with Crippen molar-refractivity contribution in [2.75, 3.05) is 6.61 Å². The summed E-state index contributed by atoms with van der Waals surface area (Å²) in [5.41, 5.74) is 0. The summed E-state index contributed by atoms with van der Waals surface area (Å²) < 4.78 is 11.8. The lowest BCUT2D eigenvalue weighted by Crippen LogP contribution is -2.25. The highest BCUT2D eigenvalue weighted by Gasteiger charge is 2.17. The zero-order valence-corrected chi connectivity index (χ0v) is 10.4. The van der Waals surface area contributed by atoms with E-state index in [0.29, 0.717) is 5.75 Å².